The molecule has 0 amide bonds. The van der Waals surface area contributed by atoms with E-state index in [1.54, 1.807) is 7.11 Å². The number of methoxy groups -OCH3 is 1. The number of nitriles is 1. The van der Waals surface area contributed by atoms with Crippen molar-refractivity contribution in [1.82, 2.24) is 19.7 Å². The maximum atomic E-state index is 10.6. The molecular weight excluding hydrogens is 430 g/mol. The molecule has 0 aliphatic heterocycles. The molecule has 2 aromatic heterocycles. The molecule has 0 unspecified atom stereocenters. The van der Waals surface area contributed by atoms with Gasteiger partial charge in [-0.15, -0.1) is 21.5 Å². The number of hydrogen-bond acceptors (Lipinski definition) is 8. The summed E-state index contributed by atoms with van der Waals surface area (Å²) in [5, 5.41) is 30.1. The number of para-hydroxylation sites is 2. The van der Waals surface area contributed by atoms with Gasteiger partial charge in [-0.1, -0.05) is 36.0 Å². The summed E-state index contributed by atoms with van der Waals surface area (Å²) in [6, 6.07) is 17.4. The van der Waals surface area contributed by atoms with E-state index in [4.69, 9.17) is 4.74 Å². The molecule has 9 heteroatoms. The van der Waals surface area contributed by atoms with Gasteiger partial charge in [0.1, 0.15) is 28.2 Å². The van der Waals surface area contributed by atoms with Crippen molar-refractivity contribution in [2.75, 3.05) is 12.9 Å². The lowest BCUT2D eigenvalue weighted by Crippen LogP contribution is -2.02. The number of aromatic nitrogens is 4. The third kappa shape index (κ3) is 4.13. The molecule has 0 saturated carbocycles. The summed E-state index contributed by atoms with van der Waals surface area (Å²) in [4.78, 5) is 4.48. The largest absolute Gasteiger partial charge is 0.510 e. The Morgan fingerprint density at radius 3 is 2.71 bits per heavy atom. The normalized spacial score (nSPS) is 11.9. The second-order valence-corrected chi connectivity index (χ2v) is 8.43. The number of aliphatic hydroxyl groups is 1. The second kappa shape index (κ2) is 9.20. The van der Waals surface area contributed by atoms with Crippen LogP contribution in [0.2, 0.25) is 0 Å². The summed E-state index contributed by atoms with van der Waals surface area (Å²) in [6.07, 6.45) is 0. The van der Waals surface area contributed by atoms with Crippen molar-refractivity contribution in [3.05, 3.63) is 59.3 Å². The average Bonchev–Trinajstić information content (AvgIpc) is 3.41. The predicted octanol–water partition coefficient (Wildman–Crippen LogP) is 5.17. The van der Waals surface area contributed by atoms with Gasteiger partial charge in [-0.05, 0) is 31.2 Å². The van der Waals surface area contributed by atoms with E-state index in [0.29, 0.717) is 28.3 Å². The van der Waals surface area contributed by atoms with Gasteiger partial charge in [0.05, 0.1) is 28.6 Å². The molecule has 4 rings (SSSR count). The van der Waals surface area contributed by atoms with Crippen LogP contribution >= 0.6 is 23.1 Å². The molecule has 0 bridgehead atoms. The van der Waals surface area contributed by atoms with Gasteiger partial charge in [0.15, 0.2) is 11.0 Å². The van der Waals surface area contributed by atoms with E-state index in [0.717, 1.165) is 15.8 Å². The van der Waals surface area contributed by atoms with Crippen molar-refractivity contribution in [2.45, 2.75) is 18.6 Å². The monoisotopic (exact) mass is 449 g/mol. The van der Waals surface area contributed by atoms with E-state index in [-0.39, 0.29) is 17.1 Å². The Balaban J connectivity index is 1.61. The minimum atomic E-state index is -0.0314. The topological polar surface area (TPSA) is 96.9 Å². The highest BCUT2D eigenvalue weighted by atomic mass is 32.2. The van der Waals surface area contributed by atoms with E-state index < -0.39 is 0 Å². The van der Waals surface area contributed by atoms with E-state index in [9.17, 15) is 10.4 Å². The van der Waals surface area contributed by atoms with Crippen LogP contribution in [0.4, 0.5) is 0 Å². The molecule has 156 valence electrons. The Morgan fingerprint density at radius 1 is 1.19 bits per heavy atom. The lowest BCUT2D eigenvalue weighted by Gasteiger charge is -2.10. The van der Waals surface area contributed by atoms with E-state index >= 15 is 0 Å². The molecular formula is C22H19N5O2S2. The number of hydrogen-bond donors (Lipinski definition) is 1. The smallest absolute Gasteiger partial charge is 0.191 e. The number of ether oxygens (including phenoxy) is 1. The Labute approximate surface area is 187 Å². The minimum Gasteiger partial charge on any atom is -0.510 e. The lowest BCUT2D eigenvalue weighted by atomic mass is 10.2. The Bertz CT molecular complexity index is 1270. The first-order valence-corrected chi connectivity index (χ1v) is 11.3. The van der Waals surface area contributed by atoms with E-state index in [1.165, 1.54) is 23.1 Å². The summed E-state index contributed by atoms with van der Waals surface area (Å²) < 4.78 is 8.38. The van der Waals surface area contributed by atoms with E-state index in [1.807, 2.05) is 60.0 Å². The van der Waals surface area contributed by atoms with Gasteiger partial charge >= 0.3 is 0 Å². The van der Waals surface area contributed by atoms with E-state index in [2.05, 4.69) is 21.3 Å². The van der Waals surface area contributed by atoms with Crippen LogP contribution < -0.4 is 4.74 Å². The van der Waals surface area contributed by atoms with Crippen LogP contribution in [0.5, 0.6) is 5.75 Å². The van der Waals surface area contributed by atoms with Crippen LogP contribution in [-0.4, -0.2) is 37.7 Å². The first-order valence-electron chi connectivity index (χ1n) is 9.53. The highest BCUT2D eigenvalue weighted by Crippen LogP contribution is 2.33. The lowest BCUT2D eigenvalue weighted by molar-refractivity contribution is 0.415. The van der Waals surface area contributed by atoms with Crippen LogP contribution in [0.15, 0.2) is 59.4 Å². The molecule has 0 saturated heterocycles. The average molecular weight is 450 g/mol. The number of allylic oxidation sites excluding steroid dienone is 1. The molecule has 7 nitrogen and oxygen atoms in total. The zero-order chi connectivity index (χ0) is 21.8. The SMILES string of the molecule is CCn1c(SC/C(O)=C(\C#N)c2nc3ccccc3s2)nnc1-c1ccccc1OC. The fraction of sp³-hybridized carbons (Fsp3) is 0.182. The molecule has 1 N–H and O–H groups in total. The van der Waals surface area contributed by atoms with Gasteiger partial charge in [-0.3, -0.25) is 0 Å². The quantitative estimate of drug-likeness (QED) is 0.236. The van der Waals surface area contributed by atoms with Crippen LogP contribution in [0.1, 0.15) is 11.9 Å². The molecule has 0 radical (unpaired) electrons. The fourth-order valence-corrected chi connectivity index (χ4v) is 4.99. The number of thioether (sulfide) groups is 1. The molecule has 0 aliphatic rings. The van der Waals surface area contributed by atoms with Gasteiger partial charge in [0.25, 0.3) is 0 Å². The summed E-state index contributed by atoms with van der Waals surface area (Å²) in [5.74, 6) is 1.56. The molecule has 2 heterocycles. The van der Waals surface area contributed by atoms with Crippen LogP contribution in [0.25, 0.3) is 27.2 Å². The maximum absolute atomic E-state index is 10.6. The first-order chi connectivity index (χ1) is 15.2. The summed E-state index contributed by atoms with van der Waals surface area (Å²) >= 11 is 2.71. The van der Waals surface area contributed by atoms with Crippen molar-refractivity contribution in [3.63, 3.8) is 0 Å². The third-order valence-electron chi connectivity index (χ3n) is 4.63. The Hall–Kier alpha value is -3.35. The summed E-state index contributed by atoms with van der Waals surface area (Å²) in [7, 11) is 1.62. The highest BCUT2D eigenvalue weighted by molar-refractivity contribution is 7.99. The van der Waals surface area contributed by atoms with Crippen LogP contribution in [0, 0.1) is 11.3 Å². The zero-order valence-electron chi connectivity index (χ0n) is 16.9. The molecule has 2 aromatic carbocycles. The standard InChI is InChI=1S/C22H19N5O2S2/c1-3-27-20(14-8-4-6-10-18(14)29-2)25-26-22(27)30-13-17(28)15(12-23)21-24-16-9-5-7-11-19(16)31-21/h4-11,28H,3,13H2,1-2H3/b17-15-. The zero-order valence-corrected chi connectivity index (χ0v) is 18.6. The third-order valence-corrected chi connectivity index (χ3v) is 6.66. The molecule has 0 spiro atoms. The maximum Gasteiger partial charge on any atom is 0.191 e. The van der Waals surface area contributed by atoms with Gasteiger partial charge in [0.2, 0.25) is 0 Å². The van der Waals surface area contributed by atoms with Crippen molar-refractivity contribution in [3.8, 4) is 23.2 Å². The Kier molecular flexibility index (Phi) is 6.21. The van der Waals surface area contributed by atoms with Gasteiger partial charge < -0.3 is 14.4 Å². The molecule has 0 aliphatic carbocycles. The van der Waals surface area contributed by atoms with Gasteiger partial charge in [-0.25, -0.2) is 4.98 Å². The molecule has 4 aromatic rings. The van der Waals surface area contributed by atoms with Gasteiger partial charge in [0, 0.05) is 6.54 Å². The number of nitrogens with zero attached hydrogens (tertiary/aromatic N) is 5. The Morgan fingerprint density at radius 2 is 1.97 bits per heavy atom. The highest BCUT2D eigenvalue weighted by Gasteiger charge is 2.19. The van der Waals surface area contributed by atoms with Crippen LogP contribution in [-0.2, 0) is 6.54 Å². The number of rotatable bonds is 7. The van der Waals surface area contributed by atoms with Crippen LogP contribution in [0.3, 0.4) is 0 Å². The van der Waals surface area contributed by atoms with Crippen molar-refractivity contribution < 1.29 is 9.84 Å². The molecule has 0 fully saturated rings. The minimum absolute atomic E-state index is 0.0314. The fourth-order valence-electron chi connectivity index (χ4n) is 3.13. The van der Waals surface area contributed by atoms with Crippen molar-refractivity contribution in [1.29, 1.82) is 5.26 Å². The van der Waals surface area contributed by atoms with Crippen molar-refractivity contribution in [2.24, 2.45) is 0 Å². The summed E-state index contributed by atoms with van der Waals surface area (Å²) in [6.45, 7) is 2.65. The summed E-state index contributed by atoms with van der Waals surface area (Å²) in [5.41, 5.74) is 1.84. The van der Waals surface area contributed by atoms with Crippen molar-refractivity contribution >= 4 is 38.9 Å². The molecule has 31 heavy (non-hydrogen) atoms. The number of benzene rings is 2. The number of fused-ring (bicyclic) bond motifs is 1. The second-order valence-electron chi connectivity index (χ2n) is 6.46. The first kappa shape index (κ1) is 20.9. The number of thiazole rings is 1. The predicted molar refractivity (Wildman–Crippen MR) is 123 cm³/mol. The number of aliphatic hydroxyl groups excluding tert-OH is 1. The van der Waals surface area contributed by atoms with Gasteiger partial charge in [-0.2, -0.15) is 5.26 Å². The molecule has 0 atom stereocenters.